The molecule has 7 aromatic rings. The average Bonchev–Trinajstić information content (AvgIpc) is 3.70. The number of nitrogens with zero attached hydrogens (tertiary/aromatic N) is 2. The Morgan fingerprint density at radius 2 is 1.34 bits per heavy atom. The molecule has 0 fully saturated rings. The molecule has 200 valence electrons. The first kappa shape index (κ1) is 24.9. The summed E-state index contributed by atoms with van der Waals surface area (Å²) in [6, 6.07) is 34.0. The van der Waals surface area contributed by atoms with Crippen molar-refractivity contribution < 1.29 is 18.2 Å². The number of furan rings is 2. The minimum absolute atomic E-state index is 0.0775. The maximum Gasteiger partial charge on any atom is 0.245 e. The van der Waals surface area contributed by atoms with Crippen molar-refractivity contribution >= 4 is 44.3 Å². The van der Waals surface area contributed by atoms with E-state index in [-0.39, 0.29) is 12.3 Å². The molecule has 0 atom stereocenters. The molecule has 5 heteroatoms. The first-order valence-corrected chi connectivity index (χ1v) is 13.8. The van der Waals surface area contributed by atoms with Gasteiger partial charge in [0.25, 0.3) is 0 Å². The van der Waals surface area contributed by atoms with Crippen molar-refractivity contribution in [3.63, 3.8) is 0 Å². The monoisotopic (exact) mass is 537 g/mol. The van der Waals surface area contributed by atoms with Gasteiger partial charge in [0.1, 0.15) is 29.2 Å². The van der Waals surface area contributed by atoms with Gasteiger partial charge in [-0.05, 0) is 67.4 Å². The predicted octanol–water partition coefficient (Wildman–Crippen LogP) is 8.05. The molecule has 3 heterocycles. The van der Waals surface area contributed by atoms with Crippen molar-refractivity contribution in [1.82, 2.24) is 4.57 Å². The molecular formula is C36H29N2O3+. The van der Waals surface area contributed by atoms with Gasteiger partial charge in [-0.2, -0.15) is 0 Å². The van der Waals surface area contributed by atoms with Gasteiger partial charge in [0.2, 0.25) is 12.1 Å². The minimum Gasteiger partial charge on any atom is -0.456 e. The van der Waals surface area contributed by atoms with Crippen LogP contribution in [0, 0.1) is 13.8 Å². The van der Waals surface area contributed by atoms with E-state index >= 15 is 0 Å². The summed E-state index contributed by atoms with van der Waals surface area (Å²) >= 11 is 0. The molecule has 0 unspecified atom stereocenters. The van der Waals surface area contributed by atoms with E-state index in [4.69, 9.17) is 8.83 Å². The second-order valence-electron chi connectivity index (χ2n) is 10.5. The second kappa shape index (κ2) is 10.1. The summed E-state index contributed by atoms with van der Waals surface area (Å²) in [4.78, 5) is 13.2. The molecule has 0 bridgehead atoms. The van der Waals surface area contributed by atoms with Crippen LogP contribution in [0.5, 0.6) is 0 Å². The van der Waals surface area contributed by atoms with E-state index in [1.54, 1.807) is 0 Å². The number of benzene rings is 4. The lowest BCUT2D eigenvalue weighted by Crippen LogP contribution is -2.36. The maximum absolute atomic E-state index is 13.2. The number of Topliss-reactive ketones (excluding diaryl/α,β-unsaturated/α-hetero) is 1. The van der Waals surface area contributed by atoms with Crippen LogP contribution in [0.3, 0.4) is 0 Å². The Morgan fingerprint density at radius 1 is 0.756 bits per heavy atom. The average molecular weight is 538 g/mol. The Balaban J connectivity index is 1.33. The zero-order valence-electron chi connectivity index (χ0n) is 23.0. The van der Waals surface area contributed by atoms with Crippen LogP contribution in [0.2, 0.25) is 0 Å². The lowest BCUT2D eigenvalue weighted by molar-refractivity contribution is -0.657. The van der Waals surface area contributed by atoms with Gasteiger partial charge in [-0.15, -0.1) is 0 Å². The third kappa shape index (κ3) is 4.66. The van der Waals surface area contributed by atoms with E-state index in [0.717, 1.165) is 50.1 Å². The summed E-state index contributed by atoms with van der Waals surface area (Å²) in [6.45, 7) is 5.06. The molecule has 0 N–H and O–H groups in total. The fourth-order valence-corrected chi connectivity index (χ4v) is 5.42. The maximum atomic E-state index is 13.2. The Kier molecular flexibility index (Phi) is 6.12. The van der Waals surface area contributed by atoms with Gasteiger partial charge in [0.15, 0.2) is 17.6 Å². The first-order valence-electron chi connectivity index (χ1n) is 13.8. The number of para-hydroxylation sites is 2. The van der Waals surface area contributed by atoms with Gasteiger partial charge < -0.3 is 8.83 Å². The van der Waals surface area contributed by atoms with Crippen molar-refractivity contribution in [1.29, 1.82) is 0 Å². The molecule has 0 radical (unpaired) electrons. The molecule has 4 aromatic carbocycles. The third-order valence-corrected chi connectivity index (χ3v) is 7.77. The van der Waals surface area contributed by atoms with Gasteiger partial charge in [0.05, 0.1) is 5.57 Å². The molecular weight excluding hydrogens is 508 g/mol. The fourth-order valence-electron chi connectivity index (χ4n) is 5.42. The van der Waals surface area contributed by atoms with E-state index in [1.165, 1.54) is 11.1 Å². The lowest BCUT2D eigenvalue weighted by Gasteiger charge is -2.02. The van der Waals surface area contributed by atoms with E-state index < -0.39 is 0 Å². The first-order chi connectivity index (χ1) is 20.0. The molecule has 41 heavy (non-hydrogen) atoms. The van der Waals surface area contributed by atoms with Crippen LogP contribution in [-0.4, -0.2) is 10.4 Å². The zero-order valence-corrected chi connectivity index (χ0v) is 23.0. The highest BCUT2D eigenvalue weighted by Gasteiger charge is 2.21. The van der Waals surface area contributed by atoms with Crippen molar-refractivity contribution in [2.24, 2.45) is 0 Å². The molecule has 3 aromatic heterocycles. The number of aryl methyl sites for hydroxylation is 2. The summed E-state index contributed by atoms with van der Waals surface area (Å²) in [5, 5.41) is 2.08. The Hall–Kier alpha value is -5.16. The molecule has 0 spiro atoms. The van der Waals surface area contributed by atoms with E-state index in [9.17, 15) is 4.79 Å². The number of aromatic nitrogens is 2. The quantitative estimate of drug-likeness (QED) is 0.153. The summed E-state index contributed by atoms with van der Waals surface area (Å²) in [6.07, 6.45) is 4.18. The number of rotatable bonds is 7. The highest BCUT2D eigenvalue weighted by molar-refractivity contribution is 5.95. The molecule has 0 amide bonds. The molecule has 0 aliphatic heterocycles. The van der Waals surface area contributed by atoms with Gasteiger partial charge in [0, 0.05) is 16.3 Å². The standard InChI is InChI=1S/C36H29N2O3/c1-24-18-30-31(19-25(24)2)38(22-32(39)26-10-4-3-5-11-26)23-37(30)17-16-29(35-20-27-12-6-8-14-33(27)40-35)36-21-28-13-7-9-15-34(28)41-36/h3-16,18-21,23H,17,22H2,1-2H3/q+1. The summed E-state index contributed by atoms with van der Waals surface area (Å²) < 4.78 is 16.9. The number of carbonyl (C=O) groups excluding carboxylic acids is 1. The van der Waals surface area contributed by atoms with E-state index in [2.05, 4.69) is 60.9 Å². The summed E-state index contributed by atoms with van der Waals surface area (Å²) in [5.41, 5.74) is 7.75. The van der Waals surface area contributed by atoms with Crippen LogP contribution in [-0.2, 0) is 13.1 Å². The summed E-state index contributed by atoms with van der Waals surface area (Å²) in [5.74, 6) is 1.58. The zero-order chi connectivity index (χ0) is 27.9. The Labute approximate surface area is 237 Å². The van der Waals surface area contributed by atoms with Crippen LogP contribution in [0.25, 0.3) is 38.5 Å². The molecule has 0 aliphatic carbocycles. The van der Waals surface area contributed by atoms with Crippen LogP contribution in [0.4, 0.5) is 0 Å². The lowest BCUT2D eigenvalue weighted by atomic mass is 10.1. The van der Waals surface area contributed by atoms with Gasteiger partial charge >= 0.3 is 0 Å². The summed E-state index contributed by atoms with van der Waals surface area (Å²) in [7, 11) is 0. The minimum atomic E-state index is 0.0775. The second-order valence-corrected chi connectivity index (χ2v) is 10.5. The predicted molar refractivity (Wildman–Crippen MR) is 162 cm³/mol. The van der Waals surface area contributed by atoms with Gasteiger partial charge in [-0.25, -0.2) is 9.13 Å². The molecule has 0 saturated heterocycles. The molecule has 0 saturated carbocycles. The van der Waals surface area contributed by atoms with Gasteiger partial charge in [-0.1, -0.05) is 66.7 Å². The molecule has 0 aliphatic rings. The van der Waals surface area contributed by atoms with Crippen LogP contribution >= 0.6 is 0 Å². The topological polar surface area (TPSA) is 52.2 Å². The van der Waals surface area contributed by atoms with E-state index in [1.807, 2.05) is 77.6 Å². The van der Waals surface area contributed by atoms with Crippen molar-refractivity contribution in [2.45, 2.75) is 26.9 Å². The number of imidazole rings is 1. The fraction of sp³-hybridized carbons (Fsp3) is 0.111. The van der Waals surface area contributed by atoms with Crippen molar-refractivity contribution in [2.75, 3.05) is 0 Å². The largest absolute Gasteiger partial charge is 0.456 e. The number of carbonyl (C=O) groups is 1. The van der Waals surface area contributed by atoms with Crippen LogP contribution < -0.4 is 4.57 Å². The van der Waals surface area contributed by atoms with Crippen LogP contribution in [0.1, 0.15) is 33.0 Å². The highest BCUT2D eigenvalue weighted by atomic mass is 16.4. The number of hydrogen-bond acceptors (Lipinski definition) is 3. The number of ketones is 1. The Morgan fingerprint density at radius 3 is 1.98 bits per heavy atom. The van der Waals surface area contributed by atoms with Crippen LogP contribution in [0.15, 0.2) is 124 Å². The third-order valence-electron chi connectivity index (χ3n) is 7.77. The SMILES string of the molecule is Cc1cc2c(cc1C)[n+](CC(=O)c1ccccc1)cn2CC=C(c1cc2ccccc2o1)c1cc2ccccc2o1. The normalized spacial score (nSPS) is 11.5. The number of hydrogen-bond donors (Lipinski definition) is 0. The van der Waals surface area contributed by atoms with Crippen molar-refractivity contribution in [3.05, 3.63) is 144 Å². The number of fused-ring (bicyclic) bond motifs is 3. The van der Waals surface area contributed by atoms with E-state index in [0.29, 0.717) is 12.1 Å². The smallest absolute Gasteiger partial charge is 0.245 e. The molecule has 5 nitrogen and oxygen atoms in total. The molecule has 7 rings (SSSR count). The van der Waals surface area contributed by atoms with Gasteiger partial charge in [-0.3, -0.25) is 4.79 Å². The van der Waals surface area contributed by atoms with Crippen molar-refractivity contribution in [3.8, 4) is 0 Å². The highest BCUT2D eigenvalue weighted by Crippen LogP contribution is 2.33. The number of allylic oxidation sites excluding steroid dienone is 1. The Bertz CT molecular complexity index is 1950.